The fraction of sp³-hybridized carbons (Fsp3) is 0.500. The van der Waals surface area contributed by atoms with Gasteiger partial charge in [0.15, 0.2) is 0 Å². The second kappa shape index (κ2) is 7.45. The summed E-state index contributed by atoms with van der Waals surface area (Å²) in [5.41, 5.74) is -0.899. The molecule has 1 aliphatic carbocycles. The van der Waals surface area contributed by atoms with Gasteiger partial charge in [-0.2, -0.15) is 0 Å². The Balaban J connectivity index is 1.72. The molecule has 2 aliphatic rings. The first-order chi connectivity index (χ1) is 13.3. The van der Waals surface area contributed by atoms with E-state index in [1.165, 1.54) is 25.3 Å². The number of nitrogens with zero attached hydrogens (tertiary/aromatic N) is 2. The molecule has 1 spiro atoms. The topological polar surface area (TPSA) is 131 Å². The van der Waals surface area contributed by atoms with Gasteiger partial charge in [0, 0.05) is 6.07 Å². The minimum Gasteiger partial charge on any atom is -0.494 e. The highest BCUT2D eigenvalue weighted by Crippen LogP contribution is 2.38. The average Bonchev–Trinajstić information content (AvgIpc) is 2.89. The number of nitro benzene ring substituents is 1. The lowest BCUT2D eigenvalue weighted by atomic mass is 9.73. The van der Waals surface area contributed by atoms with Crippen LogP contribution in [0.1, 0.15) is 32.6 Å². The van der Waals surface area contributed by atoms with Gasteiger partial charge >= 0.3 is 6.03 Å². The summed E-state index contributed by atoms with van der Waals surface area (Å²) >= 11 is 0. The molecule has 3 rings (SSSR count). The van der Waals surface area contributed by atoms with Gasteiger partial charge in [0.1, 0.15) is 17.8 Å². The molecule has 0 aromatic heterocycles. The third-order valence-corrected chi connectivity index (χ3v) is 5.47. The number of hydrogen-bond acceptors (Lipinski definition) is 6. The summed E-state index contributed by atoms with van der Waals surface area (Å²) in [6.07, 6.45) is 3.25. The summed E-state index contributed by atoms with van der Waals surface area (Å²) in [5, 5.41) is 16.2. The summed E-state index contributed by atoms with van der Waals surface area (Å²) in [7, 11) is 1.32. The van der Waals surface area contributed by atoms with Crippen LogP contribution in [0, 0.1) is 16.0 Å². The maximum Gasteiger partial charge on any atom is 0.325 e. The Kier molecular flexibility index (Phi) is 5.21. The van der Waals surface area contributed by atoms with Crippen LogP contribution in [-0.2, 0) is 9.59 Å². The summed E-state index contributed by atoms with van der Waals surface area (Å²) in [6.45, 7) is 1.49. The predicted molar refractivity (Wildman–Crippen MR) is 98.9 cm³/mol. The third-order valence-electron chi connectivity index (χ3n) is 5.47. The Hall–Kier alpha value is -3.17. The molecule has 0 bridgehead atoms. The first-order valence-electron chi connectivity index (χ1n) is 9.05. The number of non-ortho nitro benzene ring substituents is 1. The zero-order chi connectivity index (χ0) is 20.5. The molecule has 4 amide bonds. The zero-order valence-electron chi connectivity index (χ0n) is 15.7. The van der Waals surface area contributed by atoms with Gasteiger partial charge in [0.25, 0.3) is 11.6 Å². The summed E-state index contributed by atoms with van der Waals surface area (Å²) < 4.78 is 5.07. The van der Waals surface area contributed by atoms with Crippen LogP contribution in [0.25, 0.3) is 0 Å². The van der Waals surface area contributed by atoms with Crippen molar-refractivity contribution in [2.75, 3.05) is 19.0 Å². The van der Waals surface area contributed by atoms with Crippen molar-refractivity contribution in [3.05, 3.63) is 28.3 Å². The number of rotatable bonds is 5. The van der Waals surface area contributed by atoms with Gasteiger partial charge in [-0.15, -0.1) is 0 Å². The van der Waals surface area contributed by atoms with E-state index in [0.29, 0.717) is 6.42 Å². The molecule has 10 heteroatoms. The molecular weight excluding hydrogens is 368 g/mol. The fourth-order valence-corrected chi connectivity index (χ4v) is 3.87. The van der Waals surface area contributed by atoms with Gasteiger partial charge in [0.2, 0.25) is 5.91 Å². The normalized spacial score (nSPS) is 24.2. The maximum atomic E-state index is 12.9. The summed E-state index contributed by atoms with van der Waals surface area (Å²) in [4.78, 5) is 48.9. The van der Waals surface area contributed by atoms with Gasteiger partial charge in [-0.05, 0) is 24.8 Å². The predicted octanol–water partition coefficient (Wildman–Crippen LogP) is 2.04. The smallest absolute Gasteiger partial charge is 0.325 e. The number of anilines is 1. The van der Waals surface area contributed by atoms with E-state index in [0.717, 1.165) is 24.2 Å². The molecule has 1 aromatic carbocycles. The number of nitrogens with one attached hydrogen (secondary N) is 2. The standard InChI is InChI=1S/C18H22N4O6/c1-11-5-3-4-8-18(11)16(24)21(17(25)20-18)10-15(23)19-13-7-6-12(22(26)27)9-14(13)28-2/h6-7,9,11H,3-5,8,10H2,1-2H3,(H,19,23)(H,20,25)/t11-,18-/m1/s1. The molecule has 1 aliphatic heterocycles. The van der Waals surface area contributed by atoms with Crippen LogP contribution in [0.2, 0.25) is 0 Å². The van der Waals surface area contributed by atoms with Gasteiger partial charge in [-0.3, -0.25) is 24.6 Å². The zero-order valence-corrected chi connectivity index (χ0v) is 15.7. The molecule has 150 valence electrons. The van der Waals surface area contributed by atoms with E-state index in [-0.39, 0.29) is 28.9 Å². The molecule has 2 atom stereocenters. The van der Waals surface area contributed by atoms with Crippen LogP contribution in [-0.4, -0.2) is 46.9 Å². The van der Waals surface area contributed by atoms with E-state index in [4.69, 9.17) is 4.74 Å². The molecule has 1 saturated carbocycles. The molecular formula is C18H22N4O6. The van der Waals surface area contributed by atoms with Crippen LogP contribution >= 0.6 is 0 Å². The van der Waals surface area contributed by atoms with Crippen molar-refractivity contribution in [3.8, 4) is 5.75 Å². The lowest BCUT2D eigenvalue weighted by molar-refractivity contribution is -0.384. The maximum absolute atomic E-state index is 12.9. The number of nitro groups is 1. The number of carbonyl (C=O) groups excluding carboxylic acids is 3. The van der Waals surface area contributed by atoms with E-state index in [1.807, 2.05) is 6.92 Å². The van der Waals surface area contributed by atoms with Crippen molar-refractivity contribution in [2.24, 2.45) is 5.92 Å². The Bertz CT molecular complexity index is 841. The molecule has 0 radical (unpaired) electrons. The number of urea groups is 1. The Labute approximate surface area is 161 Å². The van der Waals surface area contributed by atoms with Crippen molar-refractivity contribution >= 4 is 29.2 Å². The molecule has 1 aromatic rings. The van der Waals surface area contributed by atoms with Crippen LogP contribution in [0.4, 0.5) is 16.2 Å². The average molecular weight is 390 g/mol. The molecule has 2 fully saturated rings. The SMILES string of the molecule is COc1cc([N+](=O)[O-])ccc1NC(=O)CN1C(=O)N[C@@]2(CCCC[C@H]2C)C1=O. The largest absolute Gasteiger partial charge is 0.494 e. The lowest BCUT2D eigenvalue weighted by Gasteiger charge is -2.36. The van der Waals surface area contributed by atoms with Gasteiger partial charge in [-0.1, -0.05) is 19.8 Å². The highest BCUT2D eigenvalue weighted by molar-refractivity contribution is 6.10. The molecule has 0 unspecified atom stereocenters. The number of imide groups is 1. The highest BCUT2D eigenvalue weighted by atomic mass is 16.6. The number of methoxy groups -OCH3 is 1. The van der Waals surface area contributed by atoms with Crippen LogP contribution in [0.3, 0.4) is 0 Å². The molecule has 2 N–H and O–H groups in total. The van der Waals surface area contributed by atoms with Crippen molar-refractivity contribution in [1.29, 1.82) is 0 Å². The Morgan fingerprint density at radius 1 is 1.43 bits per heavy atom. The van der Waals surface area contributed by atoms with Crippen LogP contribution in [0.5, 0.6) is 5.75 Å². The van der Waals surface area contributed by atoms with E-state index in [2.05, 4.69) is 10.6 Å². The Morgan fingerprint density at radius 2 is 2.18 bits per heavy atom. The number of amides is 4. The number of hydrogen-bond donors (Lipinski definition) is 2. The quantitative estimate of drug-likeness (QED) is 0.449. The van der Waals surface area contributed by atoms with Crippen LogP contribution < -0.4 is 15.4 Å². The lowest BCUT2D eigenvalue weighted by Crippen LogP contribution is -2.54. The molecule has 10 nitrogen and oxygen atoms in total. The van der Waals surface area contributed by atoms with Gasteiger partial charge in [-0.25, -0.2) is 4.79 Å². The fourth-order valence-electron chi connectivity index (χ4n) is 3.87. The second-order valence-electron chi connectivity index (χ2n) is 7.13. The summed E-state index contributed by atoms with van der Waals surface area (Å²) in [5.74, 6) is -0.871. The Morgan fingerprint density at radius 3 is 2.82 bits per heavy atom. The molecule has 1 saturated heterocycles. The molecule has 28 heavy (non-hydrogen) atoms. The minimum atomic E-state index is -0.930. The molecule has 1 heterocycles. The third kappa shape index (κ3) is 3.37. The minimum absolute atomic E-state index is 0.000489. The first kappa shape index (κ1) is 19.6. The van der Waals surface area contributed by atoms with Crippen molar-refractivity contribution in [1.82, 2.24) is 10.2 Å². The monoisotopic (exact) mass is 390 g/mol. The number of ether oxygens (including phenoxy) is 1. The highest BCUT2D eigenvalue weighted by Gasteiger charge is 2.55. The van der Waals surface area contributed by atoms with Crippen LogP contribution in [0.15, 0.2) is 18.2 Å². The van der Waals surface area contributed by atoms with Crippen molar-refractivity contribution in [2.45, 2.75) is 38.1 Å². The van der Waals surface area contributed by atoms with E-state index in [9.17, 15) is 24.5 Å². The first-order valence-corrected chi connectivity index (χ1v) is 9.05. The second-order valence-corrected chi connectivity index (χ2v) is 7.13. The summed E-state index contributed by atoms with van der Waals surface area (Å²) in [6, 6.07) is 3.17. The van der Waals surface area contributed by atoms with Gasteiger partial charge < -0.3 is 15.4 Å². The van der Waals surface area contributed by atoms with E-state index >= 15 is 0 Å². The van der Waals surface area contributed by atoms with E-state index in [1.54, 1.807) is 0 Å². The van der Waals surface area contributed by atoms with Gasteiger partial charge in [0.05, 0.1) is 23.8 Å². The number of carbonyl (C=O) groups is 3. The van der Waals surface area contributed by atoms with E-state index < -0.39 is 28.9 Å². The van der Waals surface area contributed by atoms with Crippen molar-refractivity contribution in [3.63, 3.8) is 0 Å². The number of benzene rings is 1. The van der Waals surface area contributed by atoms with Crippen molar-refractivity contribution < 1.29 is 24.0 Å².